The summed E-state index contributed by atoms with van der Waals surface area (Å²) in [4.78, 5) is 9.27. The van der Waals surface area contributed by atoms with Crippen LogP contribution in [0.4, 0.5) is 5.82 Å². The van der Waals surface area contributed by atoms with Crippen molar-refractivity contribution in [3.8, 4) is 0 Å². The van der Waals surface area contributed by atoms with E-state index in [9.17, 15) is 0 Å². The molecule has 0 aliphatic carbocycles. The zero-order valence-electron chi connectivity index (χ0n) is 13.3. The van der Waals surface area contributed by atoms with Crippen molar-refractivity contribution in [2.24, 2.45) is 0 Å². The molecule has 1 heterocycles. The van der Waals surface area contributed by atoms with E-state index >= 15 is 0 Å². The average molecular weight is 281 g/mol. The maximum Gasteiger partial charge on any atom is 0.162 e. The van der Waals surface area contributed by atoms with Crippen LogP contribution in [0, 0.1) is 0 Å². The predicted octanol–water partition coefficient (Wildman–Crippen LogP) is 3.11. The van der Waals surface area contributed by atoms with Gasteiger partial charge in [0.15, 0.2) is 5.82 Å². The van der Waals surface area contributed by atoms with E-state index in [1.54, 1.807) is 7.11 Å². The van der Waals surface area contributed by atoms with Gasteiger partial charge in [0.25, 0.3) is 0 Å². The van der Waals surface area contributed by atoms with Crippen LogP contribution in [-0.2, 0) is 21.7 Å². The van der Waals surface area contributed by atoms with Crippen LogP contribution in [0.5, 0.6) is 0 Å². The first-order valence-corrected chi connectivity index (χ1v) is 7.40. The van der Waals surface area contributed by atoms with Crippen molar-refractivity contribution in [1.82, 2.24) is 9.97 Å². The largest absolute Gasteiger partial charge is 0.378 e. The number of aromatic nitrogens is 2. The lowest BCUT2D eigenvalue weighted by Crippen LogP contribution is -2.31. The first-order valence-electron chi connectivity index (χ1n) is 7.40. The van der Waals surface area contributed by atoms with Crippen LogP contribution in [0.3, 0.4) is 0 Å². The molecule has 0 radical (unpaired) electrons. The highest BCUT2D eigenvalue weighted by molar-refractivity contribution is 5.36. The molecule has 1 rings (SSSR count). The standard InChI is InChI=1S/C15H27N3O2/c1-6-15(7-2,20-9-4)14-17-12(11-19-5)10-13(18-14)16-8-3/h10H,6-9,11H2,1-5H3,(H,16,17,18). The Hall–Kier alpha value is -1.20. The van der Waals surface area contributed by atoms with Crippen LogP contribution in [0.15, 0.2) is 6.07 Å². The van der Waals surface area contributed by atoms with Crippen molar-refractivity contribution in [3.63, 3.8) is 0 Å². The number of nitrogens with one attached hydrogen (secondary N) is 1. The second-order valence-corrected chi connectivity index (χ2v) is 4.67. The van der Waals surface area contributed by atoms with Crippen LogP contribution in [0.25, 0.3) is 0 Å². The van der Waals surface area contributed by atoms with E-state index in [0.717, 1.165) is 36.7 Å². The minimum Gasteiger partial charge on any atom is -0.378 e. The van der Waals surface area contributed by atoms with Crippen molar-refractivity contribution in [2.75, 3.05) is 25.6 Å². The van der Waals surface area contributed by atoms with Crippen molar-refractivity contribution >= 4 is 5.82 Å². The molecule has 0 saturated heterocycles. The van der Waals surface area contributed by atoms with Crippen molar-refractivity contribution in [1.29, 1.82) is 0 Å². The van der Waals surface area contributed by atoms with Gasteiger partial charge in [-0.3, -0.25) is 0 Å². The maximum absolute atomic E-state index is 5.99. The maximum atomic E-state index is 5.99. The second-order valence-electron chi connectivity index (χ2n) is 4.67. The summed E-state index contributed by atoms with van der Waals surface area (Å²) >= 11 is 0. The molecule has 0 spiro atoms. The van der Waals surface area contributed by atoms with Crippen molar-refractivity contribution in [3.05, 3.63) is 17.6 Å². The minimum atomic E-state index is -0.414. The number of hydrogen-bond donors (Lipinski definition) is 1. The van der Waals surface area contributed by atoms with Gasteiger partial charge >= 0.3 is 0 Å². The van der Waals surface area contributed by atoms with Gasteiger partial charge in [-0.25, -0.2) is 9.97 Å². The van der Waals surface area contributed by atoms with E-state index in [0.29, 0.717) is 13.2 Å². The lowest BCUT2D eigenvalue weighted by molar-refractivity contribution is -0.0573. The molecular formula is C15H27N3O2. The highest BCUT2D eigenvalue weighted by Gasteiger charge is 2.33. The molecule has 1 aromatic heterocycles. The number of methoxy groups -OCH3 is 1. The molecule has 5 nitrogen and oxygen atoms in total. The molecule has 5 heteroatoms. The van der Waals surface area contributed by atoms with Crippen molar-refractivity contribution in [2.45, 2.75) is 52.7 Å². The quantitative estimate of drug-likeness (QED) is 0.753. The summed E-state index contributed by atoms with van der Waals surface area (Å²) < 4.78 is 11.2. The summed E-state index contributed by atoms with van der Waals surface area (Å²) in [6.45, 7) is 10.2. The molecule has 0 aromatic carbocycles. The Balaban J connectivity index is 3.24. The summed E-state index contributed by atoms with van der Waals surface area (Å²) in [6, 6.07) is 1.93. The highest BCUT2D eigenvalue weighted by atomic mass is 16.5. The smallest absolute Gasteiger partial charge is 0.162 e. The first kappa shape index (κ1) is 16.9. The third-order valence-electron chi connectivity index (χ3n) is 3.40. The second kappa shape index (κ2) is 8.17. The lowest BCUT2D eigenvalue weighted by Gasteiger charge is -2.30. The normalized spacial score (nSPS) is 11.7. The lowest BCUT2D eigenvalue weighted by atomic mass is 9.95. The third kappa shape index (κ3) is 3.90. The Labute approximate surface area is 122 Å². The molecule has 0 atom stereocenters. The van der Waals surface area contributed by atoms with Crippen LogP contribution in [0.2, 0.25) is 0 Å². The third-order valence-corrected chi connectivity index (χ3v) is 3.40. The monoisotopic (exact) mass is 281 g/mol. The van der Waals surface area contributed by atoms with Gasteiger partial charge in [0, 0.05) is 26.3 Å². The van der Waals surface area contributed by atoms with Gasteiger partial charge in [0.2, 0.25) is 0 Å². The molecule has 0 saturated carbocycles. The van der Waals surface area contributed by atoms with Crippen LogP contribution in [0.1, 0.15) is 52.1 Å². The number of hydrogen-bond acceptors (Lipinski definition) is 5. The molecule has 0 bridgehead atoms. The van der Waals surface area contributed by atoms with Gasteiger partial charge in [0.1, 0.15) is 11.4 Å². The van der Waals surface area contributed by atoms with E-state index in [4.69, 9.17) is 9.47 Å². The Bertz CT molecular complexity index is 382. The van der Waals surface area contributed by atoms with Crippen molar-refractivity contribution < 1.29 is 9.47 Å². The van der Waals surface area contributed by atoms with Crippen LogP contribution in [-0.4, -0.2) is 30.2 Å². The highest BCUT2D eigenvalue weighted by Crippen LogP contribution is 2.31. The number of nitrogens with zero attached hydrogens (tertiary/aromatic N) is 2. The predicted molar refractivity (Wildman–Crippen MR) is 80.8 cm³/mol. The molecular weight excluding hydrogens is 254 g/mol. The number of rotatable bonds is 9. The molecule has 0 fully saturated rings. The molecule has 114 valence electrons. The summed E-state index contributed by atoms with van der Waals surface area (Å²) in [5.74, 6) is 1.57. The molecule has 0 aliphatic heterocycles. The Morgan fingerprint density at radius 1 is 1.15 bits per heavy atom. The van der Waals surface area contributed by atoms with Gasteiger partial charge in [-0.2, -0.15) is 0 Å². The van der Waals surface area contributed by atoms with E-state index in [-0.39, 0.29) is 0 Å². The van der Waals surface area contributed by atoms with Gasteiger partial charge in [0.05, 0.1) is 12.3 Å². The van der Waals surface area contributed by atoms with E-state index in [1.807, 2.05) is 19.9 Å². The van der Waals surface area contributed by atoms with Gasteiger partial charge < -0.3 is 14.8 Å². The summed E-state index contributed by atoms with van der Waals surface area (Å²) in [7, 11) is 1.67. The van der Waals surface area contributed by atoms with Gasteiger partial charge in [-0.1, -0.05) is 13.8 Å². The SMILES string of the molecule is CCNc1cc(COC)nc(C(CC)(CC)OCC)n1. The van der Waals surface area contributed by atoms with E-state index in [2.05, 4.69) is 29.1 Å². The fourth-order valence-corrected chi connectivity index (χ4v) is 2.31. The zero-order valence-corrected chi connectivity index (χ0v) is 13.3. The number of ether oxygens (including phenoxy) is 2. The first-order chi connectivity index (χ1) is 9.65. The molecule has 0 aliphatic rings. The number of anilines is 1. The Kier molecular flexibility index (Phi) is 6.88. The van der Waals surface area contributed by atoms with Gasteiger partial charge in [-0.15, -0.1) is 0 Å². The van der Waals surface area contributed by atoms with E-state index < -0.39 is 5.60 Å². The van der Waals surface area contributed by atoms with Crippen LogP contribution >= 0.6 is 0 Å². The fraction of sp³-hybridized carbons (Fsp3) is 0.733. The molecule has 0 amide bonds. The average Bonchev–Trinajstić information content (AvgIpc) is 2.45. The van der Waals surface area contributed by atoms with Crippen LogP contribution < -0.4 is 5.32 Å². The fourth-order valence-electron chi connectivity index (χ4n) is 2.31. The minimum absolute atomic E-state index is 0.414. The van der Waals surface area contributed by atoms with Gasteiger partial charge in [-0.05, 0) is 26.7 Å². The topological polar surface area (TPSA) is 56.3 Å². The Morgan fingerprint density at radius 2 is 1.85 bits per heavy atom. The molecule has 0 unspecified atom stereocenters. The summed E-state index contributed by atoms with van der Waals surface area (Å²) in [5, 5.41) is 3.25. The Morgan fingerprint density at radius 3 is 2.35 bits per heavy atom. The molecule has 1 N–H and O–H groups in total. The zero-order chi connectivity index (χ0) is 15.0. The molecule has 20 heavy (non-hydrogen) atoms. The summed E-state index contributed by atoms with van der Waals surface area (Å²) in [6.07, 6.45) is 1.69. The van der Waals surface area contributed by atoms with E-state index in [1.165, 1.54) is 0 Å². The molecule has 1 aromatic rings. The summed E-state index contributed by atoms with van der Waals surface area (Å²) in [5.41, 5.74) is 0.460.